The molecular weight excluding hydrogens is 385 g/mol. The van der Waals surface area contributed by atoms with Crippen LogP contribution in [0.3, 0.4) is 0 Å². The molecule has 0 aliphatic rings. The number of aromatic hydroxyl groups is 1. The van der Waals surface area contributed by atoms with E-state index in [0.29, 0.717) is 11.3 Å². The van der Waals surface area contributed by atoms with Gasteiger partial charge in [0.1, 0.15) is 5.75 Å². The molecule has 0 spiro atoms. The highest BCUT2D eigenvalue weighted by Crippen LogP contribution is 2.42. The monoisotopic (exact) mass is 407 g/mol. The maximum atomic E-state index is 12.2. The van der Waals surface area contributed by atoms with Gasteiger partial charge in [0.25, 0.3) is 0 Å². The Kier molecular flexibility index (Phi) is 7.61. The number of rotatable bonds is 10. The van der Waals surface area contributed by atoms with Crippen molar-refractivity contribution in [3.05, 3.63) is 60.2 Å². The summed E-state index contributed by atoms with van der Waals surface area (Å²) in [6.07, 6.45) is -0.715. The van der Waals surface area contributed by atoms with Gasteiger partial charge in [-0.2, -0.15) is 0 Å². The zero-order valence-electron chi connectivity index (χ0n) is 14.9. The van der Waals surface area contributed by atoms with Crippen LogP contribution in [-0.2, 0) is 14.2 Å². The lowest BCUT2D eigenvalue weighted by molar-refractivity contribution is -0.143. The molecule has 0 aliphatic carbocycles. The Morgan fingerprint density at radius 3 is 2.25 bits per heavy atom. The van der Waals surface area contributed by atoms with Gasteiger partial charge in [0.05, 0.1) is 17.6 Å². The standard InChI is InChI=1S/C19H22NO7P/c21-14-8-4-7-13(11-14)20-17(12-5-2-1-3-6-12)18(28(26)27)15(19(24)25)9-10-16(22)23/h1-8,11,15,17-18,20-21,28H,9-10H2,(H,22,23)(H,24,25)(H,26,27). The largest absolute Gasteiger partial charge is 0.508 e. The van der Waals surface area contributed by atoms with Crippen LogP contribution in [0, 0.1) is 5.92 Å². The fourth-order valence-electron chi connectivity index (χ4n) is 3.10. The van der Waals surface area contributed by atoms with E-state index in [9.17, 15) is 29.3 Å². The van der Waals surface area contributed by atoms with Crippen LogP contribution in [0.15, 0.2) is 54.6 Å². The molecule has 150 valence electrons. The van der Waals surface area contributed by atoms with Gasteiger partial charge in [-0.15, -0.1) is 0 Å². The molecule has 4 unspecified atom stereocenters. The van der Waals surface area contributed by atoms with Crippen LogP contribution in [0.5, 0.6) is 5.75 Å². The number of carboxylic acid groups (broad SMARTS) is 2. The first-order valence-electron chi connectivity index (χ1n) is 8.57. The second-order valence-corrected chi connectivity index (χ2v) is 7.67. The second kappa shape index (κ2) is 9.92. The lowest BCUT2D eigenvalue weighted by Crippen LogP contribution is -2.35. The van der Waals surface area contributed by atoms with Gasteiger partial charge >= 0.3 is 11.9 Å². The topological polar surface area (TPSA) is 144 Å². The number of nitrogens with one attached hydrogen (secondary N) is 1. The van der Waals surface area contributed by atoms with Crippen molar-refractivity contribution in [2.24, 2.45) is 5.92 Å². The van der Waals surface area contributed by atoms with Crippen molar-refractivity contribution < 1.29 is 34.4 Å². The highest BCUT2D eigenvalue weighted by atomic mass is 31.1. The van der Waals surface area contributed by atoms with Crippen LogP contribution >= 0.6 is 8.03 Å². The smallest absolute Gasteiger partial charge is 0.307 e. The van der Waals surface area contributed by atoms with Crippen molar-refractivity contribution in [1.29, 1.82) is 0 Å². The molecule has 0 radical (unpaired) electrons. The third kappa shape index (κ3) is 5.84. The summed E-state index contributed by atoms with van der Waals surface area (Å²) in [6, 6.07) is 13.8. The Labute approximate surface area is 162 Å². The lowest BCUT2D eigenvalue weighted by Gasteiger charge is -2.31. The SMILES string of the molecule is O=C(O)CCC(C(=O)O)C(C(Nc1cccc(O)c1)c1ccccc1)[PH](=O)O. The number of aliphatic carboxylic acids is 2. The van der Waals surface area contributed by atoms with Gasteiger partial charge in [0.15, 0.2) is 8.03 Å². The minimum atomic E-state index is -3.39. The number of hydrogen-bond acceptors (Lipinski definition) is 5. The Bertz CT molecular complexity index is 843. The summed E-state index contributed by atoms with van der Waals surface area (Å²) in [5.41, 5.74) is -0.249. The van der Waals surface area contributed by atoms with Crippen molar-refractivity contribution >= 4 is 25.7 Å². The number of anilines is 1. The van der Waals surface area contributed by atoms with E-state index in [-0.39, 0.29) is 12.2 Å². The molecule has 0 saturated heterocycles. The molecule has 2 rings (SSSR count). The van der Waals surface area contributed by atoms with Crippen LogP contribution in [-0.4, -0.2) is 37.8 Å². The molecule has 0 aliphatic heterocycles. The molecule has 9 heteroatoms. The van der Waals surface area contributed by atoms with Crippen LogP contribution < -0.4 is 5.32 Å². The molecule has 0 aromatic heterocycles. The van der Waals surface area contributed by atoms with E-state index < -0.39 is 44.0 Å². The Hall–Kier alpha value is -2.83. The first-order valence-corrected chi connectivity index (χ1v) is 10.0. The summed E-state index contributed by atoms with van der Waals surface area (Å²) in [7, 11) is -3.39. The molecule has 0 heterocycles. The fourth-order valence-corrected chi connectivity index (χ4v) is 4.31. The third-order valence-electron chi connectivity index (χ3n) is 4.39. The maximum absolute atomic E-state index is 12.2. The minimum absolute atomic E-state index is 0.0225. The average molecular weight is 407 g/mol. The third-order valence-corrected chi connectivity index (χ3v) is 5.70. The summed E-state index contributed by atoms with van der Waals surface area (Å²) in [5, 5.41) is 31.3. The van der Waals surface area contributed by atoms with E-state index in [1.165, 1.54) is 12.1 Å². The fraction of sp³-hybridized carbons (Fsp3) is 0.263. The highest BCUT2D eigenvalue weighted by Gasteiger charge is 2.39. The Morgan fingerprint density at radius 1 is 1.04 bits per heavy atom. The van der Waals surface area contributed by atoms with Crippen molar-refractivity contribution in [3.63, 3.8) is 0 Å². The van der Waals surface area contributed by atoms with Crippen molar-refractivity contribution in [1.82, 2.24) is 0 Å². The molecule has 0 saturated carbocycles. The van der Waals surface area contributed by atoms with Gasteiger partial charge in [0, 0.05) is 18.2 Å². The molecule has 2 aromatic rings. The van der Waals surface area contributed by atoms with E-state index in [2.05, 4.69) is 5.32 Å². The van der Waals surface area contributed by atoms with Crippen LogP contribution in [0.2, 0.25) is 0 Å². The molecule has 5 N–H and O–H groups in total. The number of carbonyl (C=O) groups is 2. The van der Waals surface area contributed by atoms with E-state index >= 15 is 0 Å². The molecule has 8 nitrogen and oxygen atoms in total. The van der Waals surface area contributed by atoms with Crippen molar-refractivity contribution in [2.75, 3.05) is 5.32 Å². The minimum Gasteiger partial charge on any atom is -0.508 e. The summed E-state index contributed by atoms with van der Waals surface area (Å²) < 4.78 is 12.2. The molecular formula is C19H22NO7P. The Morgan fingerprint density at radius 2 is 1.71 bits per heavy atom. The number of phenolic OH excluding ortho intramolecular Hbond substituents is 1. The maximum Gasteiger partial charge on any atom is 0.307 e. The first kappa shape index (κ1) is 21.5. The van der Waals surface area contributed by atoms with Gasteiger partial charge in [0.2, 0.25) is 0 Å². The first-order chi connectivity index (χ1) is 13.3. The molecule has 28 heavy (non-hydrogen) atoms. The highest BCUT2D eigenvalue weighted by molar-refractivity contribution is 7.39. The molecule has 0 fully saturated rings. The van der Waals surface area contributed by atoms with E-state index in [0.717, 1.165) is 0 Å². The average Bonchev–Trinajstić information content (AvgIpc) is 2.63. The van der Waals surface area contributed by atoms with E-state index in [4.69, 9.17) is 5.11 Å². The summed E-state index contributed by atoms with van der Waals surface area (Å²) in [4.78, 5) is 32.7. The quantitative estimate of drug-likeness (QED) is 0.378. The van der Waals surface area contributed by atoms with Gasteiger partial charge in [-0.3, -0.25) is 14.2 Å². The van der Waals surface area contributed by atoms with Gasteiger partial charge < -0.3 is 25.5 Å². The van der Waals surface area contributed by atoms with Crippen molar-refractivity contribution in [3.8, 4) is 5.75 Å². The normalized spacial score (nSPS) is 15.2. The van der Waals surface area contributed by atoms with E-state index in [1.54, 1.807) is 42.5 Å². The zero-order chi connectivity index (χ0) is 20.7. The van der Waals surface area contributed by atoms with Crippen LogP contribution in [0.1, 0.15) is 24.4 Å². The lowest BCUT2D eigenvalue weighted by atomic mass is 9.90. The zero-order valence-corrected chi connectivity index (χ0v) is 15.9. The van der Waals surface area contributed by atoms with Gasteiger partial charge in [-0.05, 0) is 24.1 Å². The van der Waals surface area contributed by atoms with E-state index in [1.807, 2.05) is 0 Å². The Balaban J connectivity index is 2.47. The van der Waals surface area contributed by atoms with Gasteiger partial charge in [-0.25, -0.2) is 0 Å². The van der Waals surface area contributed by atoms with Crippen LogP contribution in [0.25, 0.3) is 0 Å². The summed E-state index contributed by atoms with van der Waals surface area (Å²) in [6.45, 7) is 0. The number of benzene rings is 2. The van der Waals surface area contributed by atoms with Gasteiger partial charge in [-0.1, -0.05) is 36.4 Å². The molecule has 2 aromatic carbocycles. The number of hydrogen-bond donors (Lipinski definition) is 5. The summed E-state index contributed by atoms with van der Waals surface area (Å²) >= 11 is 0. The number of carboxylic acids is 2. The molecule has 4 atom stereocenters. The van der Waals surface area contributed by atoms with Crippen molar-refractivity contribution in [2.45, 2.75) is 24.5 Å². The molecule has 0 bridgehead atoms. The predicted octanol–water partition coefficient (Wildman–Crippen LogP) is 2.95. The molecule has 0 amide bonds. The predicted molar refractivity (Wildman–Crippen MR) is 104 cm³/mol. The number of phenols is 1. The van der Waals surface area contributed by atoms with Crippen LogP contribution in [0.4, 0.5) is 5.69 Å². The summed E-state index contributed by atoms with van der Waals surface area (Å²) in [5.74, 6) is -3.88. The second-order valence-electron chi connectivity index (χ2n) is 6.32.